The summed E-state index contributed by atoms with van der Waals surface area (Å²) in [6, 6.07) is 22.9. The highest BCUT2D eigenvalue weighted by Gasteiger charge is 2.30. The number of carbonyl (C=O) groups is 2. The molecule has 0 bridgehead atoms. The van der Waals surface area contributed by atoms with Gasteiger partial charge in [-0.25, -0.2) is 0 Å². The summed E-state index contributed by atoms with van der Waals surface area (Å²) in [7, 11) is 0. The number of amides is 2. The first kappa shape index (κ1) is 27.7. The lowest BCUT2D eigenvalue weighted by atomic mass is 10.0. The molecule has 1 N–H and O–H groups in total. The molecule has 3 aromatic rings. The molecule has 200 valence electrons. The van der Waals surface area contributed by atoms with E-state index in [1.807, 2.05) is 72.8 Å². The molecule has 0 radical (unpaired) electrons. The zero-order valence-electron chi connectivity index (χ0n) is 22.0. The SMILES string of the molecule is CC(C)CNC(=O)[C@H](Cc1ccccc1)N(Cc1cccc(Br)c1)C(=O)CCc1ccc2c(c1)OCCO2. The summed E-state index contributed by atoms with van der Waals surface area (Å²) in [4.78, 5) is 29.1. The molecule has 6 nitrogen and oxygen atoms in total. The Morgan fingerprint density at radius 3 is 2.37 bits per heavy atom. The molecule has 0 aliphatic carbocycles. The number of rotatable bonds is 11. The normalized spacial score (nSPS) is 13.2. The van der Waals surface area contributed by atoms with E-state index in [4.69, 9.17) is 9.47 Å². The van der Waals surface area contributed by atoms with E-state index in [9.17, 15) is 9.59 Å². The van der Waals surface area contributed by atoms with Gasteiger partial charge in [0, 0.05) is 30.4 Å². The van der Waals surface area contributed by atoms with Crippen molar-refractivity contribution in [1.82, 2.24) is 10.2 Å². The molecule has 38 heavy (non-hydrogen) atoms. The third-order valence-corrected chi connectivity index (χ3v) is 6.92. The number of benzene rings is 3. The molecular weight excluding hydrogens is 544 g/mol. The van der Waals surface area contributed by atoms with Crippen LogP contribution in [0.5, 0.6) is 11.5 Å². The van der Waals surface area contributed by atoms with Gasteiger partial charge in [0.05, 0.1) is 0 Å². The molecule has 7 heteroatoms. The van der Waals surface area contributed by atoms with Crippen molar-refractivity contribution in [2.45, 2.75) is 45.7 Å². The average molecular weight is 580 g/mol. The summed E-state index contributed by atoms with van der Waals surface area (Å²) >= 11 is 3.54. The molecule has 3 aromatic carbocycles. The monoisotopic (exact) mass is 578 g/mol. The summed E-state index contributed by atoms with van der Waals surface area (Å²) in [6.07, 6.45) is 1.25. The lowest BCUT2D eigenvalue weighted by molar-refractivity contribution is -0.141. The zero-order valence-corrected chi connectivity index (χ0v) is 23.6. The van der Waals surface area contributed by atoms with E-state index in [2.05, 4.69) is 35.1 Å². The van der Waals surface area contributed by atoms with Crippen molar-refractivity contribution in [2.75, 3.05) is 19.8 Å². The van der Waals surface area contributed by atoms with Gasteiger partial charge in [0.1, 0.15) is 19.3 Å². The van der Waals surface area contributed by atoms with Crippen LogP contribution in [0, 0.1) is 5.92 Å². The topological polar surface area (TPSA) is 67.9 Å². The van der Waals surface area contributed by atoms with Crippen LogP contribution >= 0.6 is 15.9 Å². The number of carbonyl (C=O) groups excluding carboxylic acids is 2. The fourth-order valence-corrected chi connectivity index (χ4v) is 4.89. The van der Waals surface area contributed by atoms with Crippen LogP contribution in [0.15, 0.2) is 77.3 Å². The predicted molar refractivity (Wildman–Crippen MR) is 152 cm³/mol. The fraction of sp³-hybridized carbons (Fsp3) is 0.355. The van der Waals surface area contributed by atoms with E-state index in [0.717, 1.165) is 26.9 Å². The van der Waals surface area contributed by atoms with E-state index in [0.29, 0.717) is 50.8 Å². The summed E-state index contributed by atoms with van der Waals surface area (Å²) in [5, 5.41) is 3.07. The van der Waals surface area contributed by atoms with Crippen LogP contribution in [0.2, 0.25) is 0 Å². The van der Waals surface area contributed by atoms with Crippen molar-refractivity contribution in [1.29, 1.82) is 0 Å². The second kappa shape index (κ2) is 13.5. The minimum Gasteiger partial charge on any atom is -0.486 e. The van der Waals surface area contributed by atoms with Crippen LogP contribution in [0.4, 0.5) is 0 Å². The van der Waals surface area contributed by atoms with Crippen LogP contribution in [-0.4, -0.2) is 42.5 Å². The van der Waals surface area contributed by atoms with Crippen molar-refractivity contribution in [2.24, 2.45) is 5.92 Å². The van der Waals surface area contributed by atoms with Crippen molar-refractivity contribution in [3.8, 4) is 11.5 Å². The Hall–Kier alpha value is -3.32. The van der Waals surface area contributed by atoms with Gasteiger partial charge in [-0.3, -0.25) is 9.59 Å². The molecule has 0 unspecified atom stereocenters. The Balaban J connectivity index is 1.59. The standard InChI is InChI=1S/C31H35BrN2O4/c1-22(2)20-33-31(36)27(18-23-7-4-3-5-8-23)34(21-25-9-6-10-26(32)17-25)30(35)14-12-24-11-13-28-29(19-24)38-16-15-37-28/h3-11,13,17,19,22,27H,12,14-16,18,20-21H2,1-2H3,(H,33,36)/t27-/m0/s1. The molecule has 0 spiro atoms. The van der Waals surface area contributed by atoms with E-state index in [1.54, 1.807) is 4.90 Å². The molecule has 0 aromatic heterocycles. The maximum Gasteiger partial charge on any atom is 0.243 e. The molecule has 1 aliphatic rings. The largest absolute Gasteiger partial charge is 0.486 e. The number of hydrogen-bond acceptors (Lipinski definition) is 4. The Morgan fingerprint density at radius 1 is 0.895 bits per heavy atom. The van der Waals surface area contributed by atoms with Crippen LogP contribution < -0.4 is 14.8 Å². The van der Waals surface area contributed by atoms with E-state index < -0.39 is 6.04 Å². The Kier molecular flexibility index (Phi) is 9.82. The summed E-state index contributed by atoms with van der Waals surface area (Å²) in [5.74, 6) is 1.54. The van der Waals surface area contributed by atoms with Crippen LogP contribution in [0.1, 0.15) is 37.0 Å². The smallest absolute Gasteiger partial charge is 0.243 e. The predicted octanol–water partition coefficient (Wildman–Crippen LogP) is 5.57. The molecule has 1 heterocycles. The number of aryl methyl sites for hydroxylation is 1. The average Bonchev–Trinajstić information content (AvgIpc) is 2.92. The van der Waals surface area contributed by atoms with E-state index >= 15 is 0 Å². The minimum atomic E-state index is -0.636. The van der Waals surface area contributed by atoms with Gasteiger partial charge >= 0.3 is 0 Å². The Bertz CT molecular complexity index is 1230. The van der Waals surface area contributed by atoms with Gasteiger partial charge in [-0.1, -0.05) is 78.3 Å². The molecular formula is C31H35BrN2O4. The van der Waals surface area contributed by atoms with Crippen molar-refractivity contribution in [3.05, 3.63) is 94.0 Å². The van der Waals surface area contributed by atoms with Crippen molar-refractivity contribution >= 4 is 27.7 Å². The van der Waals surface area contributed by atoms with Gasteiger partial charge in [0.2, 0.25) is 11.8 Å². The van der Waals surface area contributed by atoms with E-state index in [-0.39, 0.29) is 18.2 Å². The number of nitrogens with zero attached hydrogens (tertiary/aromatic N) is 1. The first-order valence-electron chi connectivity index (χ1n) is 13.1. The molecule has 1 atom stereocenters. The van der Waals surface area contributed by atoms with Gasteiger partial charge in [0.15, 0.2) is 11.5 Å². The van der Waals surface area contributed by atoms with Gasteiger partial charge in [-0.2, -0.15) is 0 Å². The first-order valence-corrected chi connectivity index (χ1v) is 13.9. The molecule has 0 saturated heterocycles. The van der Waals surface area contributed by atoms with Gasteiger partial charge < -0.3 is 19.7 Å². The lowest BCUT2D eigenvalue weighted by Gasteiger charge is -2.32. The van der Waals surface area contributed by atoms with Crippen LogP contribution in [0.25, 0.3) is 0 Å². The first-order chi connectivity index (χ1) is 18.4. The Morgan fingerprint density at radius 2 is 1.63 bits per heavy atom. The highest BCUT2D eigenvalue weighted by Crippen LogP contribution is 2.31. The number of halogens is 1. The molecule has 1 aliphatic heterocycles. The number of hydrogen-bond donors (Lipinski definition) is 1. The van der Waals surface area contributed by atoms with Crippen LogP contribution in [0.3, 0.4) is 0 Å². The third-order valence-electron chi connectivity index (χ3n) is 6.43. The van der Waals surface area contributed by atoms with E-state index in [1.165, 1.54) is 0 Å². The molecule has 2 amide bonds. The highest BCUT2D eigenvalue weighted by molar-refractivity contribution is 9.10. The fourth-order valence-electron chi connectivity index (χ4n) is 4.45. The second-order valence-electron chi connectivity index (χ2n) is 9.97. The zero-order chi connectivity index (χ0) is 26.9. The number of fused-ring (bicyclic) bond motifs is 1. The van der Waals surface area contributed by atoms with Crippen molar-refractivity contribution < 1.29 is 19.1 Å². The van der Waals surface area contributed by atoms with Gasteiger partial charge in [0.25, 0.3) is 0 Å². The second-order valence-corrected chi connectivity index (χ2v) is 10.9. The molecule has 0 saturated carbocycles. The quantitative estimate of drug-likeness (QED) is 0.323. The summed E-state index contributed by atoms with van der Waals surface area (Å²) < 4.78 is 12.3. The van der Waals surface area contributed by atoms with Gasteiger partial charge in [-0.15, -0.1) is 0 Å². The molecule has 4 rings (SSSR count). The van der Waals surface area contributed by atoms with Crippen LogP contribution in [-0.2, 0) is 29.0 Å². The highest BCUT2D eigenvalue weighted by atomic mass is 79.9. The minimum absolute atomic E-state index is 0.0690. The van der Waals surface area contributed by atoms with Gasteiger partial charge in [-0.05, 0) is 53.3 Å². The number of nitrogens with one attached hydrogen (secondary N) is 1. The summed E-state index contributed by atoms with van der Waals surface area (Å²) in [5.41, 5.74) is 2.96. The Labute approximate surface area is 233 Å². The van der Waals surface area contributed by atoms with Crippen molar-refractivity contribution in [3.63, 3.8) is 0 Å². The number of ether oxygens (including phenoxy) is 2. The summed E-state index contributed by atoms with van der Waals surface area (Å²) in [6.45, 7) is 6.07. The lowest BCUT2D eigenvalue weighted by Crippen LogP contribution is -2.51. The third kappa shape index (κ3) is 7.84. The molecule has 0 fully saturated rings. The maximum atomic E-state index is 13.8. The maximum absolute atomic E-state index is 13.8.